The van der Waals surface area contributed by atoms with Crippen LogP contribution in [0.15, 0.2) is 0 Å². The fraction of sp³-hybridized carbons (Fsp3) is 0.833. The van der Waals surface area contributed by atoms with Gasteiger partial charge >= 0.3 is 5.97 Å². The fourth-order valence-corrected chi connectivity index (χ4v) is 2.47. The summed E-state index contributed by atoms with van der Waals surface area (Å²) in [6.07, 6.45) is 2.63. The van der Waals surface area contributed by atoms with E-state index in [4.69, 9.17) is 10.2 Å². The van der Waals surface area contributed by atoms with Crippen LogP contribution >= 0.6 is 0 Å². The minimum Gasteiger partial charge on any atom is -0.481 e. The zero-order chi connectivity index (χ0) is 12.8. The molecule has 5 nitrogen and oxygen atoms in total. The second-order valence-electron chi connectivity index (χ2n) is 4.48. The number of nitrogens with zero attached hydrogens (tertiary/aromatic N) is 1. The predicted molar refractivity (Wildman–Crippen MR) is 62.4 cm³/mol. The molecule has 17 heavy (non-hydrogen) atoms. The highest BCUT2D eigenvalue weighted by atomic mass is 16.4. The number of carbonyl (C=O) groups is 2. The van der Waals surface area contributed by atoms with E-state index in [-0.39, 0.29) is 18.4 Å². The van der Waals surface area contributed by atoms with Crippen molar-refractivity contribution in [1.82, 2.24) is 4.90 Å². The van der Waals surface area contributed by atoms with Crippen molar-refractivity contribution in [3.8, 4) is 0 Å². The van der Waals surface area contributed by atoms with E-state index >= 15 is 0 Å². The third-order valence-electron chi connectivity index (χ3n) is 3.43. The molecule has 0 aromatic rings. The second-order valence-corrected chi connectivity index (χ2v) is 4.48. The van der Waals surface area contributed by atoms with E-state index < -0.39 is 11.9 Å². The molecule has 0 saturated heterocycles. The van der Waals surface area contributed by atoms with Gasteiger partial charge < -0.3 is 15.1 Å². The Labute approximate surface area is 101 Å². The average molecular weight is 243 g/mol. The molecule has 1 fully saturated rings. The summed E-state index contributed by atoms with van der Waals surface area (Å²) in [4.78, 5) is 24.9. The van der Waals surface area contributed by atoms with Crippen molar-refractivity contribution in [3.05, 3.63) is 0 Å². The molecule has 0 bridgehead atoms. The number of aliphatic hydroxyl groups excluding tert-OH is 1. The van der Waals surface area contributed by atoms with Crippen LogP contribution in [0.3, 0.4) is 0 Å². The van der Waals surface area contributed by atoms with Crippen LogP contribution in [0.2, 0.25) is 0 Å². The van der Waals surface area contributed by atoms with Crippen LogP contribution in [0.4, 0.5) is 0 Å². The van der Waals surface area contributed by atoms with Gasteiger partial charge in [-0.15, -0.1) is 0 Å². The quantitative estimate of drug-likeness (QED) is 0.720. The van der Waals surface area contributed by atoms with E-state index in [1.165, 1.54) is 0 Å². The summed E-state index contributed by atoms with van der Waals surface area (Å²) in [5, 5.41) is 17.8. The highest BCUT2D eigenvalue weighted by Crippen LogP contribution is 2.33. The Morgan fingerprint density at radius 2 is 1.94 bits per heavy atom. The number of aliphatic hydroxyl groups is 1. The first-order chi connectivity index (χ1) is 8.11. The lowest BCUT2D eigenvalue weighted by atomic mass is 9.94. The Hall–Kier alpha value is -1.10. The van der Waals surface area contributed by atoms with Crippen LogP contribution < -0.4 is 0 Å². The molecule has 98 valence electrons. The zero-order valence-corrected chi connectivity index (χ0v) is 10.3. The standard InChI is InChI=1S/C12H21NO4/c1-2-13(7-4-8-14)11(15)9-5-3-6-10(9)12(16)17/h9-10,14H,2-8H2,1H3,(H,16,17). The van der Waals surface area contributed by atoms with Crippen LogP contribution in [0.1, 0.15) is 32.6 Å². The maximum Gasteiger partial charge on any atom is 0.307 e. The molecular formula is C12H21NO4. The Morgan fingerprint density at radius 3 is 2.47 bits per heavy atom. The molecule has 0 heterocycles. The van der Waals surface area contributed by atoms with Crippen molar-refractivity contribution in [2.45, 2.75) is 32.6 Å². The molecule has 1 saturated carbocycles. The van der Waals surface area contributed by atoms with Crippen LogP contribution in [0, 0.1) is 11.8 Å². The molecule has 0 radical (unpaired) electrons. The van der Waals surface area contributed by atoms with Gasteiger partial charge in [0, 0.05) is 19.7 Å². The van der Waals surface area contributed by atoms with Crippen molar-refractivity contribution in [2.75, 3.05) is 19.7 Å². The summed E-state index contributed by atoms with van der Waals surface area (Å²) >= 11 is 0. The van der Waals surface area contributed by atoms with Crippen molar-refractivity contribution in [1.29, 1.82) is 0 Å². The van der Waals surface area contributed by atoms with Crippen LogP contribution in [0.5, 0.6) is 0 Å². The van der Waals surface area contributed by atoms with Gasteiger partial charge in [0.1, 0.15) is 0 Å². The Kier molecular flexibility index (Phi) is 5.41. The predicted octanol–water partition coefficient (Wildman–Crippen LogP) is 0.718. The monoisotopic (exact) mass is 243 g/mol. The molecule has 1 aliphatic carbocycles. The van der Waals surface area contributed by atoms with E-state index in [2.05, 4.69) is 0 Å². The molecule has 2 N–H and O–H groups in total. The summed E-state index contributed by atoms with van der Waals surface area (Å²) in [6.45, 7) is 3.01. The van der Waals surface area contributed by atoms with E-state index in [9.17, 15) is 9.59 Å². The SMILES string of the molecule is CCN(CCCO)C(=O)C1CCCC1C(=O)O. The minimum atomic E-state index is -0.862. The van der Waals surface area contributed by atoms with Gasteiger partial charge in [-0.2, -0.15) is 0 Å². The fourth-order valence-electron chi connectivity index (χ4n) is 2.47. The van der Waals surface area contributed by atoms with Gasteiger partial charge in [0.2, 0.25) is 5.91 Å². The van der Waals surface area contributed by atoms with Crippen LogP contribution in [0.25, 0.3) is 0 Å². The maximum atomic E-state index is 12.2. The number of carbonyl (C=O) groups excluding carboxylic acids is 1. The second kappa shape index (κ2) is 6.59. The van der Waals surface area contributed by atoms with Crippen molar-refractivity contribution in [2.24, 2.45) is 11.8 Å². The number of aliphatic carboxylic acids is 1. The zero-order valence-electron chi connectivity index (χ0n) is 10.3. The van der Waals surface area contributed by atoms with Gasteiger partial charge in [0.25, 0.3) is 0 Å². The molecule has 1 rings (SSSR count). The Balaban J connectivity index is 2.63. The average Bonchev–Trinajstić information content (AvgIpc) is 2.78. The molecule has 0 aromatic heterocycles. The van der Waals surface area contributed by atoms with Crippen molar-refractivity contribution < 1.29 is 19.8 Å². The first kappa shape index (κ1) is 14.0. The number of amides is 1. The number of hydrogen-bond donors (Lipinski definition) is 2. The number of rotatable bonds is 6. The molecule has 1 amide bonds. The molecule has 2 atom stereocenters. The third kappa shape index (κ3) is 3.43. The molecule has 0 spiro atoms. The molecular weight excluding hydrogens is 222 g/mol. The lowest BCUT2D eigenvalue weighted by Gasteiger charge is -2.25. The molecule has 2 unspecified atom stereocenters. The number of hydrogen-bond acceptors (Lipinski definition) is 3. The van der Waals surface area contributed by atoms with Gasteiger partial charge in [-0.1, -0.05) is 6.42 Å². The third-order valence-corrected chi connectivity index (χ3v) is 3.43. The van der Waals surface area contributed by atoms with E-state index in [1.807, 2.05) is 6.92 Å². The highest BCUT2D eigenvalue weighted by Gasteiger charge is 2.39. The normalized spacial score (nSPS) is 23.6. The van der Waals surface area contributed by atoms with Gasteiger partial charge in [-0.25, -0.2) is 0 Å². The van der Waals surface area contributed by atoms with Crippen LogP contribution in [-0.4, -0.2) is 46.7 Å². The minimum absolute atomic E-state index is 0.0524. The van der Waals surface area contributed by atoms with Gasteiger partial charge in [-0.3, -0.25) is 9.59 Å². The van der Waals surface area contributed by atoms with Crippen molar-refractivity contribution >= 4 is 11.9 Å². The molecule has 0 aliphatic heterocycles. The Bertz CT molecular complexity index is 280. The topological polar surface area (TPSA) is 77.8 Å². The summed E-state index contributed by atoms with van der Waals surface area (Å²) in [7, 11) is 0. The maximum absolute atomic E-state index is 12.2. The van der Waals surface area contributed by atoms with Gasteiger partial charge in [0.05, 0.1) is 11.8 Å². The summed E-state index contributed by atoms with van der Waals surface area (Å²) in [5.41, 5.74) is 0. The van der Waals surface area contributed by atoms with E-state index in [0.717, 1.165) is 6.42 Å². The molecule has 5 heteroatoms. The lowest BCUT2D eigenvalue weighted by Crippen LogP contribution is -2.39. The first-order valence-corrected chi connectivity index (χ1v) is 6.24. The summed E-state index contributed by atoms with van der Waals surface area (Å²) in [5.74, 6) is -1.82. The van der Waals surface area contributed by atoms with Crippen LogP contribution in [-0.2, 0) is 9.59 Å². The summed E-state index contributed by atoms with van der Waals surface area (Å²) < 4.78 is 0. The van der Waals surface area contributed by atoms with E-state index in [1.54, 1.807) is 4.90 Å². The molecule has 1 aliphatic rings. The summed E-state index contributed by atoms with van der Waals surface area (Å²) in [6, 6.07) is 0. The Morgan fingerprint density at radius 1 is 1.29 bits per heavy atom. The molecule has 0 aromatic carbocycles. The number of carboxylic acids is 1. The lowest BCUT2D eigenvalue weighted by molar-refractivity contribution is -0.149. The van der Waals surface area contributed by atoms with Gasteiger partial charge in [-0.05, 0) is 26.2 Å². The largest absolute Gasteiger partial charge is 0.481 e. The smallest absolute Gasteiger partial charge is 0.307 e. The van der Waals surface area contributed by atoms with E-state index in [0.29, 0.717) is 32.4 Å². The van der Waals surface area contributed by atoms with Crippen molar-refractivity contribution in [3.63, 3.8) is 0 Å². The first-order valence-electron chi connectivity index (χ1n) is 6.24. The highest BCUT2D eigenvalue weighted by molar-refractivity contribution is 5.85. The number of carboxylic acid groups (broad SMARTS) is 1. The van der Waals surface area contributed by atoms with Gasteiger partial charge in [0.15, 0.2) is 0 Å².